The minimum absolute atomic E-state index is 0.0946. The molecular formula is C18H29ClO2. The molecule has 0 bridgehead atoms. The van der Waals surface area contributed by atoms with Gasteiger partial charge < -0.3 is 10.2 Å². The standard InChI is InChI=1S/C18H29ClO2/c1-3-5-7-9-11-14-13-16(20)18(21)17(19)15(14)12-10-8-6-4-2/h13,20-21H,3-12H2,1-2H3. The van der Waals surface area contributed by atoms with Crippen molar-refractivity contribution in [3.63, 3.8) is 0 Å². The van der Waals surface area contributed by atoms with Crippen molar-refractivity contribution in [3.8, 4) is 11.5 Å². The second-order valence-corrected chi connectivity index (χ2v) is 6.20. The van der Waals surface area contributed by atoms with Crippen LogP contribution < -0.4 is 0 Å². The van der Waals surface area contributed by atoms with Crippen LogP contribution in [0, 0.1) is 0 Å². The number of hydrogen-bond donors (Lipinski definition) is 2. The van der Waals surface area contributed by atoms with Crippen LogP contribution >= 0.6 is 11.6 Å². The van der Waals surface area contributed by atoms with Crippen molar-refractivity contribution >= 4 is 11.6 Å². The van der Waals surface area contributed by atoms with Crippen molar-refractivity contribution in [1.82, 2.24) is 0 Å². The van der Waals surface area contributed by atoms with Crippen LogP contribution in [0.5, 0.6) is 11.5 Å². The summed E-state index contributed by atoms with van der Waals surface area (Å²) in [7, 11) is 0. The van der Waals surface area contributed by atoms with Crippen LogP contribution in [0.4, 0.5) is 0 Å². The van der Waals surface area contributed by atoms with Gasteiger partial charge in [0.25, 0.3) is 0 Å². The second kappa shape index (κ2) is 9.94. The third-order valence-corrected chi connectivity index (χ3v) is 4.40. The lowest BCUT2D eigenvalue weighted by Crippen LogP contribution is -1.98. The molecule has 0 aromatic heterocycles. The van der Waals surface area contributed by atoms with Gasteiger partial charge in [-0.3, -0.25) is 0 Å². The van der Waals surface area contributed by atoms with E-state index in [-0.39, 0.29) is 11.5 Å². The average molecular weight is 313 g/mol. The van der Waals surface area contributed by atoms with Gasteiger partial charge in [0.1, 0.15) is 0 Å². The van der Waals surface area contributed by atoms with E-state index in [1.54, 1.807) is 6.07 Å². The van der Waals surface area contributed by atoms with Crippen molar-refractivity contribution in [2.45, 2.75) is 78.1 Å². The van der Waals surface area contributed by atoms with E-state index in [0.29, 0.717) is 5.02 Å². The Labute approximate surface area is 134 Å². The fraction of sp³-hybridized carbons (Fsp3) is 0.667. The minimum Gasteiger partial charge on any atom is -0.504 e. The quantitative estimate of drug-likeness (QED) is 0.411. The van der Waals surface area contributed by atoms with Gasteiger partial charge in [-0.1, -0.05) is 64.0 Å². The normalized spacial score (nSPS) is 11.0. The van der Waals surface area contributed by atoms with Crippen molar-refractivity contribution in [2.75, 3.05) is 0 Å². The molecule has 0 unspecified atom stereocenters. The third kappa shape index (κ3) is 5.78. The maximum atomic E-state index is 9.84. The molecule has 0 aliphatic carbocycles. The SMILES string of the molecule is CCCCCCc1cc(O)c(O)c(Cl)c1CCCCCC. The highest BCUT2D eigenvalue weighted by Crippen LogP contribution is 2.39. The van der Waals surface area contributed by atoms with Crippen molar-refractivity contribution in [3.05, 3.63) is 22.2 Å². The van der Waals surface area contributed by atoms with E-state index in [0.717, 1.165) is 36.8 Å². The zero-order chi connectivity index (χ0) is 15.7. The van der Waals surface area contributed by atoms with E-state index >= 15 is 0 Å². The molecule has 3 heteroatoms. The maximum Gasteiger partial charge on any atom is 0.176 e. The lowest BCUT2D eigenvalue weighted by molar-refractivity contribution is 0.402. The van der Waals surface area contributed by atoms with Gasteiger partial charge in [0, 0.05) is 0 Å². The summed E-state index contributed by atoms with van der Waals surface area (Å²) in [5.41, 5.74) is 2.13. The molecule has 120 valence electrons. The summed E-state index contributed by atoms with van der Waals surface area (Å²) in [6.45, 7) is 4.39. The number of hydrogen-bond acceptors (Lipinski definition) is 2. The van der Waals surface area contributed by atoms with Crippen LogP contribution in [-0.2, 0) is 12.8 Å². The Balaban J connectivity index is 2.77. The number of aryl methyl sites for hydroxylation is 1. The number of halogens is 1. The van der Waals surface area contributed by atoms with Crippen molar-refractivity contribution < 1.29 is 10.2 Å². The first-order chi connectivity index (χ1) is 10.1. The molecule has 1 aromatic carbocycles. The van der Waals surface area contributed by atoms with E-state index in [4.69, 9.17) is 11.6 Å². The Morgan fingerprint density at radius 2 is 1.43 bits per heavy atom. The Morgan fingerprint density at radius 3 is 2.00 bits per heavy atom. The molecule has 0 saturated carbocycles. The molecule has 2 N–H and O–H groups in total. The molecule has 0 saturated heterocycles. The number of aromatic hydroxyl groups is 2. The smallest absolute Gasteiger partial charge is 0.176 e. The maximum absolute atomic E-state index is 9.84. The van der Waals surface area contributed by atoms with Gasteiger partial charge in [-0.25, -0.2) is 0 Å². The zero-order valence-corrected chi connectivity index (χ0v) is 14.2. The molecule has 21 heavy (non-hydrogen) atoms. The Kier molecular flexibility index (Phi) is 8.60. The van der Waals surface area contributed by atoms with Crippen LogP contribution in [0.15, 0.2) is 6.07 Å². The topological polar surface area (TPSA) is 40.5 Å². The summed E-state index contributed by atoms with van der Waals surface area (Å²) in [5, 5.41) is 20.0. The molecule has 0 heterocycles. The van der Waals surface area contributed by atoms with Gasteiger partial charge in [-0.05, 0) is 42.9 Å². The first-order valence-electron chi connectivity index (χ1n) is 8.33. The molecule has 0 radical (unpaired) electrons. The summed E-state index contributed by atoms with van der Waals surface area (Å²) >= 11 is 6.25. The highest BCUT2D eigenvalue weighted by atomic mass is 35.5. The largest absolute Gasteiger partial charge is 0.504 e. The molecule has 0 amide bonds. The van der Waals surface area contributed by atoms with E-state index in [1.807, 2.05) is 0 Å². The fourth-order valence-corrected chi connectivity index (χ4v) is 2.99. The molecule has 2 nitrogen and oxygen atoms in total. The lowest BCUT2D eigenvalue weighted by Gasteiger charge is -2.14. The summed E-state index contributed by atoms with van der Waals surface area (Å²) in [6, 6.07) is 1.70. The summed E-state index contributed by atoms with van der Waals surface area (Å²) in [6.07, 6.45) is 11.3. The monoisotopic (exact) mass is 312 g/mol. The van der Waals surface area contributed by atoms with Gasteiger partial charge >= 0.3 is 0 Å². The molecular weight excluding hydrogens is 284 g/mol. The Hall–Kier alpha value is -0.890. The third-order valence-electron chi connectivity index (χ3n) is 3.99. The number of benzene rings is 1. The van der Waals surface area contributed by atoms with E-state index < -0.39 is 0 Å². The number of phenolic OH excluding ortho intramolecular Hbond substituents is 2. The van der Waals surface area contributed by atoms with Crippen LogP contribution in [-0.4, -0.2) is 10.2 Å². The highest BCUT2D eigenvalue weighted by Gasteiger charge is 2.15. The molecule has 0 aliphatic heterocycles. The van der Waals surface area contributed by atoms with Gasteiger partial charge in [0.05, 0.1) is 5.02 Å². The van der Waals surface area contributed by atoms with E-state index in [2.05, 4.69) is 13.8 Å². The van der Waals surface area contributed by atoms with Crippen molar-refractivity contribution in [1.29, 1.82) is 0 Å². The molecule has 1 aromatic rings. The van der Waals surface area contributed by atoms with Crippen LogP contribution in [0.1, 0.15) is 76.3 Å². The summed E-state index contributed by atoms with van der Waals surface area (Å²) in [4.78, 5) is 0. The van der Waals surface area contributed by atoms with Gasteiger partial charge in [0.2, 0.25) is 0 Å². The van der Waals surface area contributed by atoms with Crippen LogP contribution in [0.2, 0.25) is 5.02 Å². The molecule has 1 rings (SSSR count). The van der Waals surface area contributed by atoms with Gasteiger partial charge in [-0.15, -0.1) is 0 Å². The van der Waals surface area contributed by atoms with E-state index in [1.165, 1.54) is 38.5 Å². The molecule has 0 atom stereocenters. The lowest BCUT2D eigenvalue weighted by atomic mass is 9.96. The number of rotatable bonds is 10. The second-order valence-electron chi connectivity index (χ2n) is 5.82. The predicted octanol–water partition coefficient (Wildman–Crippen LogP) is 6.00. The van der Waals surface area contributed by atoms with Crippen LogP contribution in [0.3, 0.4) is 0 Å². The molecule has 0 aliphatic rings. The minimum atomic E-state index is -0.167. The molecule has 0 fully saturated rings. The van der Waals surface area contributed by atoms with E-state index in [9.17, 15) is 10.2 Å². The highest BCUT2D eigenvalue weighted by molar-refractivity contribution is 6.33. The summed E-state index contributed by atoms with van der Waals surface area (Å²) in [5.74, 6) is -0.262. The fourth-order valence-electron chi connectivity index (χ4n) is 2.68. The molecule has 0 spiro atoms. The number of phenols is 2. The van der Waals surface area contributed by atoms with Gasteiger partial charge in [0.15, 0.2) is 11.5 Å². The van der Waals surface area contributed by atoms with Crippen LogP contribution in [0.25, 0.3) is 0 Å². The average Bonchev–Trinajstić information content (AvgIpc) is 2.48. The first kappa shape index (κ1) is 18.2. The Morgan fingerprint density at radius 1 is 0.857 bits per heavy atom. The predicted molar refractivity (Wildman–Crippen MR) is 90.5 cm³/mol. The Bertz CT molecular complexity index is 430. The number of unbranched alkanes of at least 4 members (excludes halogenated alkanes) is 6. The first-order valence-corrected chi connectivity index (χ1v) is 8.71. The van der Waals surface area contributed by atoms with Crippen molar-refractivity contribution in [2.24, 2.45) is 0 Å². The zero-order valence-electron chi connectivity index (χ0n) is 13.4. The van der Waals surface area contributed by atoms with Gasteiger partial charge in [-0.2, -0.15) is 0 Å². The summed E-state index contributed by atoms with van der Waals surface area (Å²) < 4.78 is 0.